The lowest BCUT2D eigenvalue weighted by Crippen LogP contribution is -3.13. The van der Waals surface area contributed by atoms with E-state index in [1.54, 1.807) is 18.2 Å². The zero-order valence-corrected chi connectivity index (χ0v) is 14.6. The molecule has 0 saturated carbocycles. The molecule has 1 N–H and O–H groups in total. The Balaban J connectivity index is 1.59. The minimum absolute atomic E-state index is 0.124. The van der Waals surface area contributed by atoms with E-state index >= 15 is 0 Å². The summed E-state index contributed by atoms with van der Waals surface area (Å²) in [5.41, 5.74) is 2.22. The van der Waals surface area contributed by atoms with E-state index in [1.807, 2.05) is 24.3 Å². The standard InChI is InChI=1S/C17H17Cl2N3O2/c18-16-3-1-2-13(17(16)19)12-20-8-10-21(11-9-20)14-4-6-15(7-5-14)22(23)24/h1-7H,8-12H2/p+1. The summed E-state index contributed by atoms with van der Waals surface area (Å²) in [6.45, 7) is 4.64. The summed E-state index contributed by atoms with van der Waals surface area (Å²) in [7, 11) is 0. The summed E-state index contributed by atoms with van der Waals surface area (Å²) in [4.78, 5) is 14.1. The molecule has 1 saturated heterocycles. The Morgan fingerprint density at radius 2 is 1.75 bits per heavy atom. The number of nitrogens with one attached hydrogen (secondary N) is 1. The van der Waals surface area contributed by atoms with Crippen LogP contribution in [0.25, 0.3) is 0 Å². The number of piperazine rings is 1. The van der Waals surface area contributed by atoms with Crippen molar-refractivity contribution >= 4 is 34.6 Å². The lowest BCUT2D eigenvalue weighted by Gasteiger charge is -2.33. The van der Waals surface area contributed by atoms with Crippen LogP contribution in [-0.4, -0.2) is 31.1 Å². The van der Waals surface area contributed by atoms with Crippen LogP contribution in [0, 0.1) is 10.1 Å². The second-order valence-electron chi connectivity index (χ2n) is 5.90. The fraction of sp³-hybridized carbons (Fsp3) is 0.294. The summed E-state index contributed by atoms with van der Waals surface area (Å²) < 4.78 is 0. The van der Waals surface area contributed by atoms with Crippen LogP contribution < -0.4 is 9.80 Å². The molecule has 7 heteroatoms. The van der Waals surface area contributed by atoms with Gasteiger partial charge in [0.2, 0.25) is 0 Å². The van der Waals surface area contributed by atoms with E-state index in [-0.39, 0.29) is 10.6 Å². The van der Waals surface area contributed by atoms with Gasteiger partial charge < -0.3 is 9.80 Å². The van der Waals surface area contributed by atoms with E-state index in [2.05, 4.69) is 4.90 Å². The van der Waals surface area contributed by atoms with E-state index in [0.717, 1.165) is 44.0 Å². The minimum Gasteiger partial charge on any atom is -0.360 e. The molecule has 5 nitrogen and oxygen atoms in total. The summed E-state index contributed by atoms with van der Waals surface area (Å²) in [5, 5.41) is 12.0. The number of nitro benzene ring substituents is 1. The topological polar surface area (TPSA) is 50.8 Å². The molecule has 2 aromatic carbocycles. The molecule has 0 bridgehead atoms. The van der Waals surface area contributed by atoms with Crippen molar-refractivity contribution in [1.82, 2.24) is 0 Å². The molecule has 1 fully saturated rings. The largest absolute Gasteiger partial charge is 0.360 e. The lowest BCUT2D eigenvalue weighted by molar-refractivity contribution is -0.914. The van der Waals surface area contributed by atoms with Crippen molar-refractivity contribution in [3.63, 3.8) is 0 Å². The Labute approximate surface area is 150 Å². The van der Waals surface area contributed by atoms with Crippen LogP contribution in [0.3, 0.4) is 0 Å². The summed E-state index contributed by atoms with van der Waals surface area (Å²) in [6, 6.07) is 12.5. The van der Waals surface area contributed by atoms with E-state index in [4.69, 9.17) is 23.2 Å². The van der Waals surface area contributed by atoms with Gasteiger partial charge in [-0.25, -0.2) is 0 Å². The van der Waals surface area contributed by atoms with Crippen molar-refractivity contribution in [1.29, 1.82) is 0 Å². The Bertz CT molecular complexity index is 729. The number of anilines is 1. The SMILES string of the molecule is O=[N+]([O-])c1ccc(N2CC[NH+](Cc3cccc(Cl)c3Cl)CC2)cc1. The molecule has 3 rings (SSSR count). The van der Waals surface area contributed by atoms with Crippen LogP contribution >= 0.6 is 23.2 Å². The maximum Gasteiger partial charge on any atom is 0.269 e. The van der Waals surface area contributed by atoms with Crippen molar-refractivity contribution in [2.75, 3.05) is 31.1 Å². The van der Waals surface area contributed by atoms with E-state index in [0.29, 0.717) is 10.0 Å². The van der Waals surface area contributed by atoms with Crippen LogP contribution in [0.1, 0.15) is 5.56 Å². The fourth-order valence-electron chi connectivity index (χ4n) is 3.00. The number of hydrogen-bond donors (Lipinski definition) is 1. The number of hydrogen-bond acceptors (Lipinski definition) is 3. The van der Waals surface area contributed by atoms with Gasteiger partial charge in [0.05, 0.1) is 41.1 Å². The van der Waals surface area contributed by atoms with Crippen LogP contribution in [-0.2, 0) is 6.54 Å². The molecule has 0 spiro atoms. The van der Waals surface area contributed by atoms with E-state index in [9.17, 15) is 10.1 Å². The average Bonchev–Trinajstić information content (AvgIpc) is 2.60. The highest BCUT2D eigenvalue weighted by atomic mass is 35.5. The van der Waals surface area contributed by atoms with E-state index < -0.39 is 0 Å². The zero-order chi connectivity index (χ0) is 17.1. The van der Waals surface area contributed by atoms with Gasteiger partial charge in [-0.3, -0.25) is 10.1 Å². The normalized spacial score (nSPS) is 15.5. The third-order valence-electron chi connectivity index (χ3n) is 4.37. The highest BCUT2D eigenvalue weighted by molar-refractivity contribution is 6.42. The van der Waals surface area contributed by atoms with E-state index in [1.165, 1.54) is 4.90 Å². The van der Waals surface area contributed by atoms with Crippen LogP contribution in [0.2, 0.25) is 10.0 Å². The first-order valence-electron chi connectivity index (χ1n) is 7.80. The summed E-state index contributed by atoms with van der Waals surface area (Å²) in [6.07, 6.45) is 0. The van der Waals surface area contributed by atoms with Gasteiger partial charge in [-0.15, -0.1) is 0 Å². The Morgan fingerprint density at radius 1 is 1.08 bits per heavy atom. The van der Waals surface area contributed by atoms with Crippen molar-refractivity contribution in [3.8, 4) is 0 Å². The Hall–Kier alpha value is -1.82. The van der Waals surface area contributed by atoms with Gasteiger partial charge in [-0.2, -0.15) is 0 Å². The summed E-state index contributed by atoms with van der Waals surface area (Å²) in [5.74, 6) is 0. The number of benzene rings is 2. The van der Waals surface area contributed by atoms with Crippen LogP contribution in [0.4, 0.5) is 11.4 Å². The third-order valence-corrected chi connectivity index (χ3v) is 5.23. The number of halogens is 2. The molecule has 0 aromatic heterocycles. The predicted octanol–water partition coefficient (Wildman–Crippen LogP) is 2.81. The van der Waals surface area contributed by atoms with Gasteiger partial charge in [0, 0.05) is 23.4 Å². The molecular formula is C17H18Cl2N3O2+. The zero-order valence-electron chi connectivity index (χ0n) is 13.0. The maximum absolute atomic E-state index is 10.7. The van der Waals surface area contributed by atoms with Gasteiger partial charge in [-0.05, 0) is 18.2 Å². The number of nitro groups is 1. The first-order chi connectivity index (χ1) is 11.5. The Kier molecular flexibility index (Phi) is 5.23. The summed E-state index contributed by atoms with van der Waals surface area (Å²) >= 11 is 12.3. The smallest absolute Gasteiger partial charge is 0.269 e. The minimum atomic E-state index is -0.374. The van der Waals surface area contributed by atoms with Crippen molar-refractivity contribution in [2.24, 2.45) is 0 Å². The second kappa shape index (κ2) is 7.38. The first-order valence-corrected chi connectivity index (χ1v) is 8.56. The number of rotatable bonds is 4. The van der Waals surface area contributed by atoms with Crippen LogP contribution in [0.5, 0.6) is 0 Å². The molecular weight excluding hydrogens is 349 g/mol. The second-order valence-corrected chi connectivity index (χ2v) is 6.69. The number of quaternary nitrogens is 1. The molecule has 2 aromatic rings. The molecule has 1 aliphatic rings. The number of non-ortho nitro benzene ring substituents is 1. The molecule has 0 unspecified atom stereocenters. The molecule has 1 heterocycles. The molecule has 0 aliphatic carbocycles. The average molecular weight is 367 g/mol. The Morgan fingerprint density at radius 3 is 2.38 bits per heavy atom. The fourth-order valence-corrected chi connectivity index (χ4v) is 3.38. The van der Waals surface area contributed by atoms with Crippen LogP contribution in [0.15, 0.2) is 42.5 Å². The quantitative estimate of drug-likeness (QED) is 0.668. The van der Waals surface area contributed by atoms with Gasteiger partial charge in [0.1, 0.15) is 6.54 Å². The van der Waals surface area contributed by atoms with Gasteiger partial charge in [-0.1, -0.05) is 35.3 Å². The first kappa shape index (κ1) is 17.0. The highest BCUT2D eigenvalue weighted by Gasteiger charge is 2.22. The predicted molar refractivity (Wildman–Crippen MR) is 96.2 cm³/mol. The third kappa shape index (κ3) is 3.80. The molecule has 126 valence electrons. The molecule has 0 amide bonds. The van der Waals surface area contributed by atoms with Gasteiger partial charge >= 0.3 is 0 Å². The molecule has 0 radical (unpaired) electrons. The molecule has 0 atom stereocenters. The highest BCUT2D eigenvalue weighted by Crippen LogP contribution is 2.25. The lowest BCUT2D eigenvalue weighted by atomic mass is 10.2. The maximum atomic E-state index is 10.7. The molecule has 1 aliphatic heterocycles. The monoisotopic (exact) mass is 366 g/mol. The van der Waals surface area contributed by atoms with Crippen molar-refractivity contribution < 1.29 is 9.82 Å². The van der Waals surface area contributed by atoms with Crippen molar-refractivity contribution in [2.45, 2.75) is 6.54 Å². The molecule has 24 heavy (non-hydrogen) atoms. The van der Waals surface area contributed by atoms with Crippen molar-refractivity contribution in [3.05, 3.63) is 68.2 Å². The van der Waals surface area contributed by atoms with Gasteiger partial charge in [0.15, 0.2) is 0 Å². The van der Waals surface area contributed by atoms with Gasteiger partial charge in [0.25, 0.3) is 5.69 Å². The number of nitrogens with zero attached hydrogens (tertiary/aromatic N) is 2.